The lowest BCUT2D eigenvalue weighted by atomic mass is 9.78. The predicted octanol–water partition coefficient (Wildman–Crippen LogP) is 0.969. The van der Waals surface area contributed by atoms with Gasteiger partial charge in [0.25, 0.3) is 0 Å². The third kappa shape index (κ3) is 2.75. The number of carbonyl (C=O) groups excluding carboxylic acids is 1. The summed E-state index contributed by atoms with van der Waals surface area (Å²) >= 11 is 0. The summed E-state index contributed by atoms with van der Waals surface area (Å²) in [6.07, 6.45) is 8.19. The largest absolute Gasteiger partial charge is 0.481 e. The maximum Gasteiger partial charge on any atom is 0.307 e. The molecule has 1 aliphatic carbocycles. The zero-order chi connectivity index (χ0) is 12.1. The van der Waals surface area contributed by atoms with E-state index < -0.39 is 17.8 Å². The summed E-state index contributed by atoms with van der Waals surface area (Å²) in [6, 6.07) is 0. The summed E-state index contributed by atoms with van der Waals surface area (Å²) in [7, 11) is 1.62. The van der Waals surface area contributed by atoms with Gasteiger partial charge in [-0.2, -0.15) is 0 Å². The van der Waals surface area contributed by atoms with E-state index in [0.29, 0.717) is 12.8 Å². The number of carboxylic acids is 1. The molecule has 1 rings (SSSR count). The molecule has 4 nitrogen and oxygen atoms in total. The minimum absolute atomic E-state index is 0.134. The van der Waals surface area contributed by atoms with Gasteiger partial charge in [0.2, 0.25) is 5.91 Å². The summed E-state index contributed by atoms with van der Waals surface area (Å²) in [5, 5.41) is 9.06. The lowest BCUT2D eigenvalue weighted by Crippen LogP contribution is -2.40. The molecule has 4 heteroatoms. The van der Waals surface area contributed by atoms with Crippen LogP contribution in [0.25, 0.3) is 0 Å². The molecule has 0 aliphatic heterocycles. The Bertz CT molecular complexity index is 319. The van der Waals surface area contributed by atoms with Crippen molar-refractivity contribution in [3.05, 3.63) is 0 Å². The fourth-order valence-corrected chi connectivity index (χ4v) is 2.22. The van der Waals surface area contributed by atoms with E-state index in [2.05, 4.69) is 5.92 Å². The smallest absolute Gasteiger partial charge is 0.307 e. The van der Waals surface area contributed by atoms with E-state index in [0.717, 1.165) is 12.8 Å². The highest BCUT2D eigenvalue weighted by Gasteiger charge is 2.36. The predicted molar refractivity (Wildman–Crippen MR) is 59.6 cm³/mol. The van der Waals surface area contributed by atoms with Crippen molar-refractivity contribution in [3.63, 3.8) is 0 Å². The monoisotopic (exact) mass is 223 g/mol. The number of terminal acetylenes is 1. The minimum Gasteiger partial charge on any atom is -0.481 e. The van der Waals surface area contributed by atoms with Crippen LogP contribution in [0.5, 0.6) is 0 Å². The molecule has 16 heavy (non-hydrogen) atoms. The van der Waals surface area contributed by atoms with Crippen LogP contribution >= 0.6 is 0 Å². The van der Waals surface area contributed by atoms with Crippen molar-refractivity contribution >= 4 is 11.9 Å². The van der Waals surface area contributed by atoms with Crippen molar-refractivity contribution in [1.82, 2.24) is 4.90 Å². The third-order valence-electron chi connectivity index (χ3n) is 3.11. The molecule has 0 radical (unpaired) electrons. The minimum atomic E-state index is -0.868. The first kappa shape index (κ1) is 12.6. The summed E-state index contributed by atoms with van der Waals surface area (Å²) in [5.74, 6) is 0.448. The molecule has 1 aliphatic rings. The van der Waals surface area contributed by atoms with E-state index >= 15 is 0 Å². The van der Waals surface area contributed by atoms with Gasteiger partial charge in [0.15, 0.2) is 0 Å². The first-order chi connectivity index (χ1) is 7.57. The van der Waals surface area contributed by atoms with Crippen LogP contribution in [0.4, 0.5) is 0 Å². The number of hydrogen-bond acceptors (Lipinski definition) is 2. The SMILES string of the molecule is C#CCN(C)C(=O)C1CCCCC1C(=O)O. The second kappa shape index (κ2) is 5.55. The van der Waals surface area contributed by atoms with E-state index in [1.54, 1.807) is 7.05 Å². The molecule has 0 spiro atoms. The molecule has 2 atom stereocenters. The van der Waals surface area contributed by atoms with E-state index in [4.69, 9.17) is 11.5 Å². The van der Waals surface area contributed by atoms with Crippen molar-refractivity contribution < 1.29 is 14.7 Å². The van der Waals surface area contributed by atoms with E-state index in [-0.39, 0.29) is 12.5 Å². The molecule has 1 N–H and O–H groups in total. The van der Waals surface area contributed by atoms with Gasteiger partial charge in [0.05, 0.1) is 18.4 Å². The maximum absolute atomic E-state index is 12.0. The van der Waals surface area contributed by atoms with Crippen LogP contribution in [0.15, 0.2) is 0 Å². The van der Waals surface area contributed by atoms with E-state index in [9.17, 15) is 9.59 Å². The fourth-order valence-electron chi connectivity index (χ4n) is 2.22. The Morgan fingerprint density at radius 1 is 1.38 bits per heavy atom. The highest BCUT2D eigenvalue weighted by atomic mass is 16.4. The molecule has 0 saturated heterocycles. The number of rotatable bonds is 3. The number of carbonyl (C=O) groups is 2. The van der Waals surface area contributed by atoms with Crippen LogP contribution in [0.3, 0.4) is 0 Å². The van der Waals surface area contributed by atoms with Crippen molar-refractivity contribution in [2.45, 2.75) is 25.7 Å². The van der Waals surface area contributed by atoms with Gasteiger partial charge < -0.3 is 10.0 Å². The molecule has 1 fully saturated rings. The van der Waals surface area contributed by atoms with Gasteiger partial charge >= 0.3 is 5.97 Å². The molecule has 0 aromatic rings. The van der Waals surface area contributed by atoms with Gasteiger partial charge in [-0.3, -0.25) is 9.59 Å². The Morgan fingerprint density at radius 2 is 1.94 bits per heavy atom. The van der Waals surface area contributed by atoms with Gasteiger partial charge in [-0.25, -0.2) is 0 Å². The average molecular weight is 223 g/mol. The Labute approximate surface area is 95.6 Å². The number of nitrogens with zero attached hydrogens (tertiary/aromatic N) is 1. The number of hydrogen-bond donors (Lipinski definition) is 1. The van der Waals surface area contributed by atoms with Gasteiger partial charge in [0.1, 0.15) is 0 Å². The second-order valence-corrected chi connectivity index (χ2v) is 4.23. The normalized spacial score (nSPS) is 24.5. The molecule has 0 aromatic heterocycles. The Morgan fingerprint density at radius 3 is 2.44 bits per heavy atom. The highest BCUT2D eigenvalue weighted by Crippen LogP contribution is 2.31. The van der Waals surface area contributed by atoms with Crippen LogP contribution in [-0.2, 0) is 9.59 Å². The van der Waals surface area contributed by atoms with Gasteiger partial charge in [-0.15, -0.1) is 6.42 Å². The van der Waals surface area contributed by atoms with Crippen LogP contribution in [0.2, 0.25) is 0 Å². The zero-order valence-corrected chi connectivity index (χ0v) is 9.48. The van der Waals surface area contributed by atoms with Gasteiger partial charge in [0, 0.05) is 7.05 Å². The van der Waals surface area contributed by atoms with E-state index in [1.807, 2.05) is 0 Å². The van der Waals surface area contributed by atoms with Crippen LogP contribution in [-0.4, -0.2) is 35.5 Å². The number of amides is 1. The molecule has 2 unspecified atom stereocenters. The second-order valence-electron chi connectivity index (χ2n) is 4.23. The Hall–Kier alpha value is -1.50. The molecular formula is C12H17NO3. The van der Waals surface area contributed by atoms with Gasteiger partial charge in [-0.1, -0.05) is 18.8 Å². The topological polar surface area (TPSA) is 57.6 Å². The lowest BCUT2D eigenvalue weighted by molar-refractivity contribution is -0.151. The van der Waals surface area contributed by atoms with Crippen LogP contribution < -0.4 is 0 Å². The summed E-state index contributed by atoms with van der Waals surface area (Å²) in [4.78, 5) is 24.4. The van der Waals surface area contributed by atoms with Gasteiger partial charge in [-0.05, 0) is 12.8 Å². The van der Waals surface area contributed by atoms with Crippen molar-refractivity contribution in [2.24, 2.45) is 11.8 Å². The standard InChI is InChI=1S/C12H17NO3/c1-3-8-13(2)11(14)9-6-4-5-7-10(9)12(15)16/h1,9-10H,4-8H2,2H3,(H,15,16). The first-order valence-corrected chi connectivity index (χ1v) is 5.49. The van der Waals surface area contributed by atoms with Crippen LogP contribution in [0, 0.1) is 24.2 Å². The molecule has 0 heterocycles. The molecule has 1 amide bonds. The first-order valence-electron chi connectivity index (χ1n) is 5.49. The highest BCUT2D eigenvalue weighted by molar-refractivity contribution is 5.85. The summed E-state index contributed by atoms with van der Waals surface area (Å²) in [5.41, 5.74) is 0. The summed E-state index contributed by atoms with van der Waals surface area (Å²) < 4.78 is 0. The Balaban J connectivity index is 2.72. The molecular weight excluding hydrogens is 206 g/mol. The van der Waals surface area contributed by atoms with Crippen molar-refractivity contribution in [1.29, 1.82) is 0 Å². The van der Waals surface area contributed by atoms with E-state index in [1.165, 1.54) is 4.90 Å². The van der Waals surface area contributed by atoms with Crippen LogP contribution in [0.1, 0.15) is 25.7 Å². The number of carboxylic acid groups (broad SMARTS) is 1. The quantitative estimate of drug-likeness (QED) is 0.725. The number of aliphatic carboxylic acids is 1. The Kier molecular flexibility index (Phi) is 4.36. The maximum atomic E-state index is 12.0. The molecule has 0 aromatic carbocycles. The average Bonchev–Trinajstić information content (AvgIpc) is 2.28. The third-order valence-corrected chi connectivity index (χ3v) is 3.11. The fraction of sp³-hybridized carbons (Fsp3) is 0.667. The molecule has 1 saturated carbocycles. The van der Waals surface area contributed by atoms with Crippen molar-refractivity contribution in [3.8, 4) is 12.3 Å². The molecule has 0 bridgehead atoms. The van der Waals surface area contributed by atoms with Crippen molar-refractivity contribution in [2.75, 3.05) is 13.6 Å². The summed E-state index contributed by atoms with van der Waals surface area (Å²) in [6.45, 7) is 0.238. The zero-order valence-electron chi connectivity index (χ0n) is 9.48. The molecule has 88 valence electrons. The lowest BCUT2D eigenvalue weighted by Gasteiger charge is -2.30.